The van der Waals surface area contributed by atoms with Gasteiger partial charge < -0.3 is 25.3 Å². The molecule has 4 N–H and O–H groups in total. The molecule has 0 amide bonds. The first-order valence-corrected chi connectivity index (χ1v) is 5.50. The summed E-state index contributed by atoms with van der Waals surface area (Å²) in [6.45, 7) is 0.704. The number of aliphatic hydroxyl groups excluding tert-OH is 2. The van der Waals surface area contributed by atoms with Crippen molar-refractivity contribution in [3.8, 4) is 0 Å². The molecule has 0 saturated heterocycles. The standard InChI is InChI=1S/C10H15N5O3/c11-9-8-10(13-5-12-9)15(6-14-8)1-2-18-4-7(17)3-16/h5-7,16-17H,1-4H2,(H2,11,12,13). The molecule has 2 rings (SSSR count). The summed E-state index contributed by atoms with van der Waals surface area (Å²) >= 11 is 0. The van der Waals surface area contributed by atoms with Crippen LogP contribution in [0, 0.1) is 0 Å². The summed E-state index contributed by atoms with van der Waals surface area (Å²) in [7, 11) is 0. The first-order chi connectivity index (χ1) is 8.72. The summed E-state index contributed by atoms with van der Waals surface area (Å²) in [5.74, 6) is 0.343. The van der Waals surface area contributed by atoms with E-state index in [0.29, 0.717) is 30.1 Å². The zero-order valence-electron chi connectivity index (χ0n) is 9.73. The van der Waals surface area contributed by atoms with E-state index in [1.807, 2.05) is 0 Å². The molecular weight excluding hydrogens is 238 g/mol. The normalized spacial score (nSPS) is 13.0. The third kappa shape index (κ3) is 2.73. The third-order valence-corrected chi connectivity index (χ3v) is 2.43. The van der Waals surface area contributed by atoms with Crippen LogP contribution in [0.2, 0.25) is 0 Å². The number of imidazole rings is 1. The van der Waals surface area contributed by atoms with Gasteiger partial charge in [0.15, 0.2) is 11.5 Å². The number of hydrogen-bond acceptors (Lipinski definition) is 7. The quantitative estimate of drug-likeness (QED) is 0.552. The minimum absolute atomic E-state index is 0.0975. The number of aromatic nitrogens is 4. The minimum Gasteiger partial charge on any atom is -0.394 e. The summed E-state index contributed by atoms with van der Waals surface area (Å²) in [5, 5.41) is 17.7. The van der Waals surface area contributed by atoms with Crippen molar-refractivity contribution in [3.63, 3.8) is 0 Å². The third-order valence-electron chi connectivity index (χ3n) is 2.43. The number of anilines is 1. The molecule has 1 atom stereocenters. The summed E-state index contributed by atoms with van der Waals surface area (Å²) in [5.41, 5.74) is 6.87. The van der Waals surface area contributed by atoms with Crippen LogP contribution in [0.25, 0.3) is 11.2 Å². The highest BCUT2D eigenvalue weighted by Gasteiger charge is 2.07. The van der Waals surface area contributed by atoms with Gasteiger partial charge >= 0.3 is 0 Å². The molecule has 18 heavy (non-hydrogen) atoms. The van der Waals surface area contributed by atoms with Crippen molar-refractivity contribution in [2.45, 2.75) is 12.6 Å². The zero-order chi connectivity index (χ0) is 13.0. The number of aliphatic hydroxyl groups is 2. The van der Waals surface area contributed by atoms with Crippen molar-refractivity contribution in [2.24, 2.45) is 0 Å². The van der Waals surface area contributed by atoms with Gasteiger partial charge in [-0.1, -0.05) is 0 Å². The molecule has 0 saturated carbocycles. The Balaban J connectivity index is 1.94. The molecule has 0 aliphatic rings. The van der Waals surface area contributed by atoms with E-state index in [1.165, 1.54) is 6.33 Å². The lowest BCUT2D eigenvalue weighted by Gasteiger charge is -2.08. The van der Waals surface area contributed by atoms with E-state index < -0.39 is 6.10 Å². The van der Waals surface area contributed by atoms with Gasteiger partial charge in [0.25, 0.3) is 0 Å². The van der Waals surface area contributed by atoms with E-state index in [9.17, 15) is 0 Å². The molecule has 98 valence electrons. The number of hydrogen-bond donors (Lipinski definition) is 3. The van der Waals surface area contributed by atoms with Crippen LogP contribution >= 0.6 is 0 Å². The van der Waals surface area contributed by atoms with Crippen LogP contribution in [0.1, 0.15) is 0 Å². The molecule has 0 aromatic carbocycles. The molecule has 0 aliphatic carbocycles. The second-order valence-corrected chi connectivity index (χ2v) is 3.78. The van der Waals surface area contributed by atoms with E-state index in [2.05, 4.69) is 15.0 Å². The van der Waals surface area contributed by atoms with Gasteiger partial charge in [-0.2, -0.15) is 0 Å². The largest absolute Gasteiger partial charge is 0.394 e. The fraction of sp³-hybridized carbons (Fsp3) is 0.500. The van der Waals surface area contributed by atoms with Crippen LogP contribution in [0.5, 0.6) is 0 Å². The van der Waals surface area contributed by atoms with Gasteiger partial charge in [0.1, 0.15) is 17.9 Å². The first-order valence-electron chi connectivity index (χ1n) is 5.50. The Hall–Kier alpha value is -1.77. The maximum Gasteiger partial charge on any atom is 0.165 e. The van der Waals surface area contributed by atoms with Crippen LogP contribution in [-0.2, 0) is 11.3 Å². The minimum atomic E-state index is -0.845. The molecule has 1 unspecified atom stereocenters. The fourth-order valence-corrected chi connectivity index (χ4v) is 1.50. The number of nitrogens with zero attached hydrogens (tertiary/aromatic N) is 4. The van der Waals surface area contributed by atoms with Gasteiger partial charge in [-0.25, -0.2) is 15.0 Å². The van der Waals surface area contributed by atoms with E-state index in [0.717, 1.165) is 0 Å². The average Bonchev–Trinajstić information content (AvgIpc) is 2.79. The summed E-state index contributed by atoms with van der Waals surface area (Å²) in [6, 6.07) is 0. The zero-order valence-corrected chi connectivity index (χ0v) is 9.73. The molecule has 2 heterocycles. The maximum absolute atomic E-state index is 9.09. The smallest absolute Gasteiger partial charge is 0.165 e. The number of fused-ring (bicyclic) bond motifs is 1. The van der Waals surface area contributed by atoms with Crippen LogP contribution in [0.4, 0.5) is 5.82 Å². The Morgan fingerprint density at radius 3 is 3.00 bits per heavy atom. The topological polar surface area (TPSA) is 119 Å². The summed E-state index contributed by atoms with van der Waals surface area (Å²) < 4.78 is 7.00. The van der Waals surface area contributed by atoms with E-state index >= 15 is 0 Å². The van der Waals surface area contributed by atoms with Crippen LogP contribution in [0.15, 0.2) is 12.7 Å². The number of nitrogen functional groups attached to an aromatic ring is 1. The van der Waals surface area contributed by atoms with Crippen LogP contribution in [-0.4, -0.2) is 55.7 Å². The maximum atomic E-state index is 9.09. The SMILES string of the molecule is Nc1ncnc2c1ncn2CCOCC(O)CO. The molecule has 2 aromatic heterocycles. The average molecular weight is 253 g/mol. The highest BCUT2D eigenvalue weighted by atomic mass is 16.5. The molecule has 2 aromatic rings. The predicted molar refractivity (Wildman–Crippen MR) is 63.6 cm³/mol. The summed E-state index contributed by atoms with van der Waals surface area (Å²) in [6.07, 6.45) is 2.15. The highest BCUT2D eigenvalue weighted by Crippen LogP contribution is 2.13. The molecular formula is C10H15N5O3. The van der Waals surface area contributed by atoms with E-state index in [-0.39, 0.29) is 13.2 Å². The molecule has 0 fully saturated rings. The molecule has 8 nitrogen and oxygen atoms in total. The second-order valence-electron chi connectivity index (χ2n) is 3.78. The van der Waals surface area contributed by atoms with E-state index in [1.54, 1.807) is 10.9 Å². The number of rotatable bonds is 6. The molecule has 8 heteroatoms. The lowest BCUT2D eigenvalue weighted by molar-refractivity contribution is 0.00431. The molecule has 0 bridgehead atoms. The van der Waals surface area contributed by atoms with Crippen molar-refractivity contribution in [2.75, 3.05) is 25.6 Å². The van der Waals surface area contributed by atoms with Gasteiger partial charge in [-0.3, -0.25) is 0 Å². The highest BCUT2D eigenvalue weighted by molar-refractivity contribution is 5.80. The Morgan fingerprint density at radius 1 is 1.39 bits per heavy atom. The number of nitrogens with two attached hydrogens (primary N) is 1. The lowest BCUT2D eigenvalue weighted by Crippen LogP contribution is -2.20. The predicted octanol–water partition coefficient (Wildman–Crippen LogP) is -1.22. The van der Waals surface area contributed by atoms with Crippen molar-refractivity contribution >= 4 is 17.0 Å². The Morgan fingerprint density at radius 2 is 2.22 bits per heavy atom. The van der Waals surface area contributed by atoms with Gasteiger partial charge in [0, 0.05) is 6.54 Å². The number of ether oxygens (including phenoxy) is 1. The van der Waals surface area contributed by atoms with E-state index in [4.69, 9.17) is 20.7 Å². The summed E-state index contributed by atoms with van der Waals surface area (Å²) in [4.78, 5) is 12.1. The van der Waals surface area contributed by atoms with Gasteiger partial charge in [-0.05, 0) is 0 Å². The fourth-order valence-electron chi connectivity index (χ4n) is 1.50. The lowest BCUT2D eigenvalue weighted by atomic mass is 10.4. The molecule has 0 radical (unpaired) electrons. The van der Waals surface area contributed by atoms with Gasteiger partial charge in [-0.15, -0.1) is 0 Å². The van der Waals surface area contributed by atoms with Crippen molar-refractivity contribution in [1.29, 1.82) is 0 Å². The van der Waals surface area contributed by atoms with Gasteiger partial charge in [0.2, 0.25) is 0 Å². The van der Waals surface area contributed by atoms with Crippen molar-refractivity contribution in [1.82, 2.24) is 19.5 Å². The first kappa shape index (κ1) is 12.7. The van der Waals surface area contributed by atoms with Crippen molar-refractivity contribution in [3.05, 3.63) is 12.7 Å². The van der Waals surface area contributed by atoms with Gasteiger partial charge in [0.05, 0.1) is 26.1 Å². The van der Waals surface area contributed by atoms with Crippen LogP contribution < -0.4 is 5.73 Å². The van der Waals surface area contributed by atoms with Crippen molar-refractivity contribution < 1.29 is 14.9 Å². The Bertz CT molecular complexity index is 515. The Kier molecular flexibility index (Phi) is 4.03. The monoisotopic (exact) mass is 253 g/mol. The molecule has 0 aliphatic heterocycles. The second kappa shape index (κ2) is 5.71. The van der Waals surface area contributed by atoms with Crippen LogP contribution in [0.3, 0.4) is 0 Å². The Labute approximate surface area is 103 Å². The molecule has 0 spiro atoms.